The standard InChI is InChI=1S/C25H45N3O3/c1-4-5-13-20(23(26)29)21(16-18(2)3)24(30)27-22-14-9-10-15-28(25(22)31)17-19-11-7-6-8-12-19/h18-22H,4-17H2,1-3H3,(H2,26,29)(H,27,30)/t20-,21+,22-/m0/s1. The van der Waals surface area contributed by atoms with Crippen LogP contribution in [0.5, 0.6) is 0 Å². The van der Waals surface area contributed by atoms with Crippen LogP contribution >= 0.6 is 0 Å². The molecule has 1 aliphatic heterocycles. The second-order valence-electron chi connectivity index (χ2n) is 10.2. The number of nitrogens with two attached hydrogens (primary N) is 1. The van der Waals surface area contributed by atoms with Crippen molar-refractivity contribution in [1.82, 2.24) is 10.2 Å². The van der Waals surface area contributed by atoms with Crippen LogP contribution in [0.4, 0.5) is 0 Å². The Hall–Kier alpha value is -1.59. The van der Waals surface area contributed by atoms with Crippen molar-refractivity contribution in [3.8, 4) is 0 Å². The number of unbranched alkanes of at least 4 members (excludes halogenated alkanes) is 1. The Bertz CT molecular complexity index is 587. The van der Waals surface area contributed by atoms with E-state index in [1.54, 1.807) is 0 Å². The summed E-state index contributed by atoms with van der Waals surface area (Å²) in [5, 5.41) is 3.06. The van der Waals surface area contributed by atoms with Gasteiger partial charge in [-0.1, -0.05) is 52.9 Å². The molecule has 0 aromatic rings. The molecule has 3 amide bonds. The number of hydrogen-bond acceptors (Lipinski definition) is 3. The van der Waals surface area contributed by atoms with E-state index in [0.717, 1.165) is 38.8 Å². The molecule has 0 spiro atoms. The van der Waals surface area contributed by atoms with E-state index in [9.17, 15) is 14.4 Å². The molecule has 3 N–H and O–H groups in total. The average Bonchev–Trinajstić information content (AvgIpc) is 2.89. The van der Waals surface area contributed by atoms with Gasteiger partial charge in [0.15, 0.2) is 0 Å². The minimum absolute atomic E-state index is 0.0592. The number of carbonyl (C=O) groups is 3. The number of carbonyl (C=O) groups excluding carboxylic acids is 3. The van der Waals surface area contributed by atoms with Gasteiger partial charge in [0.25, 0.3) is 0 Å². The predicted octanol–water partition coefficient (Wildman–Crippen LogP) is 4.02. The van der Waals surface area contributed by atoms with E-state index in [0.29, 0.717) is 25.2 Å². The number of hydrogen-bond donors (Lipinski definition) is 2. The first-order valence-electron chi connectivity index (χ1n) is 12.7. The second-order valence-corrected chi connectivity index (χ2v) is 10.2. The fourth-order valence-corrected chi connectivity index (χ4v) is 5.31. The summed E-state index contributed by atoms with van der Waals surface area (Å²) in [7, 11) is 0. The van der Waals surface area contributed by atoms with Gasteiger partial charge in [0, 0.05) is 24.9 Å². The molecule has 2 fully saturated rings. The van der Waals surface area contributed by atoms with Crippen molar-refractivity contribution in [2.45, 2.75) is 104 Å². The van der Waals surface area contributed by atoms with E-state index in [2.05, 4.69) is 26.1 Å². The van der Waals surface area contributed by atoms with Gasteiger partial charge in [0.1, 0.15) is 6.04 Å². The number of nitrogens with zero attached hydrogens (tertiary/aromatic N) is 1. The molecular weight excluding hydrogens is 390 g/mol. The molecule has 1 saturated carbocycles. The molecule has 0 bridgehead atoms. The van der Waals surface area contributed by atoms with Gasteiger partial charge in [-0.05, 0) is 56.8 Å². The lowest BCUT2D eigenvalue weighted by Crippen LogP contribution is -2.51. The number of rotatable bonds is 11. The molecule has 31 heavy (non-hydrogen) atoms. The molecule has 0 aromatic carbocycles. The molecule has 1 aliphatic carbocycles. The van der Waals surface area contributed by atoms with Crippen molar-refractivity contribution in [2.24, 2.45) is 29.4 Å². The average molecular weight is 436 g/mol. The fraction of sp³-hybridized carbons (Fsp3) is 0.880. The number of primary amides is 1. The van der Waals surface area contributed by atoms with Crippen LogP contribution in [0.25, 0.3) is 0 Å². The first-order chi connectivity index (χ1) is 14.8. The highest BCUT2D eigenvalue weighted by atomic mass is 16.2. The van der Waals surface area contributed by atoms with Gasteiger partial charge in [-0.2, -0.15) is 0 Å². The summed E-state index contributed by atoms with van der Waals surface area (Å²) in [6.45, 7) is 7.79. The first kappa shape index (κ1) is 25.7. The molecule has 2 aliphatic rings. The highest BCUT2D eigenvalue weighted by Gasteiger charge is 2.36. The summed E-state index contributed by atoms with van der Waals surface area (Å²) in [6.07, 6.45) is 11.9. The monoisotopic (exact) mass is 435 g/mol. The molecule has 3 atom stereocenters. The van der Waals surface area contributed by atoms with E-state index < -0.39 is 23.8 Å². The van der Waals surface area contributed by atoms with Crippen LogP contribution in [0, 0.1) is 23.7 Å². The fourth-order valence-electron chi connectivity index (χ4n) is 5.31. The molecule has 2 rings (SSSR count). The minimum atomic E-state index is -0.479. The Morgan fingerprint density at radius 1 is 1.06 bits per heavy atom. The zero-order valence-corrected chi connectivity index (χ0v) is 20.0. The van der Waals surface area contributed by atoms with Gasteiger partial charge >= 0.3 is 0 Å². The SMILES string of the molecule is CCCC[C@H](C(N)=O)[C@@H](CC(C)C)C(=O)N[C@H]1CCCCN(CC2CCCCC2)C1=O. The first-order valence-corrected chi connectivity index (χ1v) is 12.7. The zero-order chi connectivity index (χ0) is 22.8. The second kappa shape index (κ2) is 13.1. The Morgan fingerprint density at radius 2 is 1.74 bits per heavy atom. The van der Waals surface area contributed by atoms with Crippen molar-refractivity contribution in [1.29, 1.82) is 0 Å². The molecule has 0 unspecified atom stereocenters. The molecular formula is C25H45N3O3. The summed E-state index contributed by atoms with van der Waals surface area (Å²) >= 11 is 0. The quantitative estimate of drug-likeness (QED) is 0.513. The van der Waals surface area contributed by atoms with Crippen LogP contribution in [0.1, 0.15) is 97.8 Å². The van der Waals surface area contributed by atoms with Gasteiger partial charge < -0.3 is 16.0 Å². The number of likely N-dealkylation sites (tertiary alicyclic amines) is 1. The maximum atomic E-state index is 13.3. The summed E-state index contributed by atoms with van der Waals surface area (Å²) < 4.78 is 0. The molecule has 6 nitrogen and oxygen atoms in total. The summed E-state index contributed by atoms with van der Waals surface area (Å²) in [6, 6.07) is -0.479. The number of nitrogens with one attached hydrogen (secondary N) is 1. The predicted molar refractivity (Wildman–Crippen MR) is 124 cm³/mol. The lowest BCUT2D eigenvalue weighted by atomic mass is 9.81. The van der Waals surface area contributed by atoms with Crippen molar-refractivity contribution >= 4 is 17.7 Å². The van der Waals surface area contributed by atoms with Crippen LogP contribution in [0.2, 0.25) is 0 Å². The summed E-state index contributed by atoms with van der Waals surface area (Å²) in [4.78, 5) is 40.8. The van der Waals surface area contributed by atoms with E-state index in [4.69, 9.17) is 5.73 Å². The van der Waals surface area contributed by atoms with E-state index in [1.807, 2.05) is 4.90 Å². The molecule has 178 valence electrons. The Balaban J connectivity index is 2.08. The van der Waals surface area contributed by atoms with Crippen LogP contribution in [-0.2, 0) is 14.4 Å². The smallest absolute Gasteiger partial charge is 0.245 e. The summed E-state index contributed by atoms with van der Waals surface area (Å²) in [5.74, 6) is -0.592. The topological polar surface area (TPSA) is 92.5 Å². The number of amides is 3. The van der Waals surface area contributed by atoms with Crippen molar-refractivity contribution in [3.63, 3.8) is 0 Å². The molecule has 6 heteroatoms. The lowest BCUT2D eigenvalue weighted by Gasteiger charge is -2.32. The Labute approximate surface area is 189 Å². The molecule has 1 saturated heterocycles. The molecule has 0 aromatic heterocycles. The maximum Gasteiger partial charge on any atom is 0.245 e. The van der Waals surface area contributed by atoms with Crippen LogP contribution < -0.4 is 11.1 Å². The van der Waals surface area contributed by atoms with Crippen molar-refractivity contribution in [3.05, 3.63) is 0 Å². The van der Waals surface area contributed by atoms with E-state index >= 15 is 0 Å². The third-order valence-electron chi connectivity index (χ3n) is 7.08. The lowest BCUT2D eigenvalue weighted by molar-refractivity contribution is -0.139. The van der Waals surface area contributed by atoms with Crippen molar-refractivity contribution < 1.29 is 14.4 Å². The largest absolute Gasteiger partial charge is 0.369 e. The molecule has 1 heterocycles. The zero-order valence-electron chi connectivity index (χ0n) is 20.0. The van der Waals surface area contributed by atoms with Gasteiger partial charge in [0.05, 0.1) is 0 Å². The van der Waals surface area contributed by atoms with Crippen molar-refractivity contribution in [2.75, 3.05) is 13.1 Å². The van der Waals surface area contributed by atoms with Gasteiger partial charge in [0.2, 0.25) is 17.7 Å². The Kier molecular flexibility index (Phi) is 10.8. The van der Waals surface area contributed by atoms with Gasteiger partial charge in [-0.15, -0.1) is 0 Å². The Morgan fingerprint density at radius 3 is 2.35 bits per heavy atom. The highest BCUT2D eigenvalue weighted by Crippen LogP contribution is 2.28. The van der Waals surface area contributed by atoms with Crippen LogP contribution in [0.15, 0.2) is 0 Å². The van der Waals surface area contributed by atoms with E-state index in [1.165, 1.54) is 32.1 Å². The third kappa shape index (κ3) is 8.12. The minimum Gasteiger partial charge on any atom is -0.369 e. The normalized spacial score (nSPS) is 22.8. The molecule has 0 radical (unpaired) electrons. The van der Waals surface area contributed by atoms with Gasteiger partial charge in [-0.3, -0.25) is 14.4 Å². The van der Waals surface area contributed by atoms with Gasteiger partial charge in [-0.25, -0.2) is 0 Å². The summed E-state index contributed by atoms with van der Waals surface area (Å²) in [5.41, 5.74) is 5.71. The third-order valence-corrected chi connectivity index (χ3v) is 7.08. The maximum absolute atomic E-state index is 13.3. The van der Waals surface area contributed by atoms with Crippen LogP contribution in [0.3, 0.4) is 0 Å². The van der Waals surface area contributed by atoms with E-state index in [-0.39, 0.29) is 17.7 Å². The van der Waals surface area contributed by atoms with Crippen LogP contribution in [-0.4, -0.2) is 41.8 Å². The highest BCUT2D eigenvalue weighted by molar-refractivity contribution is 5.91.